The molecule has 0 aliphatic heterocycles. The van der Waals surface area contributed by atoms with Gasteiger partial charge in [-0.05, 0) is 75.5 Å². The minimum atomic E-state index is -0.201. The Balaban J connectivity index is 1.13. The van der Waals surface area contributed by atoms with Crippen LogP contribution in [0.2, 0.25) is 0 Å². The van der Waals surface area contributed by atoms with E-state index in [0.29, 0.717) is 17.6 Å². The van der Waals surface area contributed by atoms with Gasteiger partial charge in [-0.3, -0.25) is 4.57 Å². The Morgan fingerprint density at radius 3 is 1.67 bits per heavy atom. The van der Waals surface area contributed by atoms with E-state index >= 15 is 0 Å². The van der Waals surface area contributed by atoms with E-state index in [1.165, 1.54) is 84.1 Å². The molecule has 0 N–H and O–H groups in total. The number of nitrogens with zero attached hydrogens (tertiary/aromatic N) is 4. The molecule has 12 aromatic rings. The first-order valence-corrected chi connectivity index (χ1v) is 21.3. The normalized spacial score (nSPS) is 13.5. The fourth-order valence-corrected chi connectivity index (χ4v) is 12.2. The van der Waals surface area contributed by atoms with Gasteiger partial charge in [0.2, 0.25) is 5.95 Å². The van der Waals surface area contributed by atoms with E-state index in [2.05, 4.69) is 176 Å². The zero-order chi connectivity index (χ0) is 38.3. The third-order valence-electron chi connectivity index (χ3n) is 12.5. The lowest BCUT2D eigenvalue weighted by Crippen LogP contribution is -2.15. The summed E-state index contributed by atoms with van der Waals surface area (Å²) in [6, 6.07) is 57.3. The molecular weight excluding hydrogens is 745 g/mol. The third kappa shape index (κ3) is 4.36. The predicted octanol–water partition coefficient (Wildman–Crippen LogP) is 14.5. The number of aromatic nitrogens is 4. The summed E-state index contributed by atoms with van der Waals surface area (Å²) in [6.07, 6.45) is 0. The van der Waals surface area contributed by atoms with Crippen LogP contribution in [0.4, 0.5) is 0 Å². The molecule has 4 aromatic heterocycles. The number of benzene rings is 8. The van der Waals surface area contributed by atoms with E-state index in [4.69, 9.17) is 15.0 Å². The molecule has 0 spiro atoms. The summed E-state index contributed by atoms with van der Waals surface area (Å²) in [4.78, 5) is 16.4. The van der Waals surface area contributed by atoms with Crippen LogP contribution >= 0.6 is 22.7 Å². The number of hydrogen-bond acceptors (Lipinski definition) is 5. The van der Waals surface area contributed by atoms with Gasteiger partial charge in [-0.25, -0.2) is 4.98 Å². The van der Waals surface area contributed by atoms with Gasteiger partial charge in [-0.15, -0.1) is 22.7 Å². The highest BCUT2D eigenvalue weighted by molar-refractivity contribution is 7.26. The van der Waals surface area contributed by atoms with Gasteiger partial charge in [0.05, 0.1) is 11.0 Å². The average molecular weight is 777 g/mol. The number of hydrogen-bond donors (Lipinski definition) is 0. The van der Waals surface area contributed by atoms with Crippen molar-refractivity contribution in [3.05, 3.63) is 169 Å². The van der Waals surface area contributed by atoms with Crippen molar-refractivity contribution >= 4 is 95.6 Å². The van der Waals surface area contributed by atoms with Crippen molar-refractivity contribution in [1.82, 2.24) is 19.5 Å². The van der Waals surface area contributed by atoms with Crippen molar-refractivity contribution in [2.24, 2.45) is 0 Å². The lowest BCUT2D eigenvalue weighted by Gasteiger charge is -2.22. The van der Waals surface area contributed by atoms with E-state index in [0.717, 1.165) is 22.2 Å². The monoisotopic (exact) mass is 776 g/mol. The minimum absolute atomic E-state index is 0.201. The number of para-hydroxylation sites is 1. The van der Waals surface area contributed by atoms with Crippen LogP contribution in [-0.2, 0) is 5.41 Å². The zero-order valence-electron chi connectivity index (χ0n) is 31.6. The maximum Gasteiger partial charge on any atom is 0.238 e. The summed E-state index contributed by atoms with van der Waals surface area (Å²) in [5.74, 6) is 1.95. The van der Waals surface area contributed by atoms with Crippen LogP contribution in [0.5, 0.6) is 0 Å². The van der Waals surface area contributed by atoms with Gasteiger partial charge in [0.1, 0.15) is 0 Å². The molecular formula is C52H32N4S2. The Morgan fingerprint density at radius 1 is 0.431 bits per heavy atom. The summed E-state index contributed by atoms with van der Waals surface area (Å²) < 4.78 is 7.15. The van der Waals surface area contributed by atoms with E-state index < -0.39 is 0 Å². The molecule has 4 nitrogen and oxygen atoms in total. The summed E-state index contributed by atoms with van der Waals surface area (Å²) in [5, 5.41) is 9.86. The molecule has 272 valence electrons. The largest absolute Gasteiger partial charge is 0.278 e. The van der Waals surface area contributed by atoms with E-state index in [1.54, 1.807) is 22.7 Å². The lowest BCUT2D eigenvalue weighted by molar-refractivity contribution is 0.661. The summed E-state index contributed by atoms with van der Waals surface area (Å²) >= 11 is 3.60. The molecule has 0 fully saturated rings. The van der Waals surface area contributed by atoms with E-state index in [9.17, 15) is 0 Å². The van der Waals surface area contributed by atoms with Gasteiger partial charge >= 0.3 is 0 Å². The molecule has 4 heterocycles. The third-order valence-corrected chi connectivity index (χ3v) is 14.9. The molecule has 58 heavy (non-hydrogen) atoms. The first kappa shape index (κ1) is 32.4. The number of thiophene rings is 2. The van der Waals surface area contributed by atoms with Crippen molar-refractivity contribution in [2.75, 3.05) is 0 Å². The molecule has 13 rings (SSSR count). The second kappa shape index (κ2) is 11.7. The molecule has 0 amide bonds. The molecule has 6 heteroatoms. The highest BCUT2D eigenvalue weighted by atomic mass is 32.1. The maximum atomic E-state index is 5.48. The maximum absolute atomic E-state index is 5.48. The van der Waals surface area contributed by atoms with Gasteiger partial charge in [0.25, 0.3) is 0 Å². The van der Waals surface area contributed by atoms with E-state index in [-0.39, 0.29) is 5.41 Å². The molecule has 0 saturated carbocycles. The Labute approximate surface area is 341 Å². The minimum Gasteiger partial charge on any atom is -0.278 e. The smallest absolute Gasteiger partial charge is 0.238 e. The lowest BCUT2D eigenvalue weighted by atomic mass is 9.82. The van der Waals surface area contributed by atoms with Crippen LogP contribution in [0, 0.1) is 0 Å². The standard InChI is InChI=1S/C52H32N4S2/c1-52(2)40-26-25-29-13-3-4-14-30(29)46(40)39-27-38-31-15-5-8-22-42(31)56(43(38)28-41(39)52)51-54-49(36-20-11-18-34-32-16-6-9-23-44(32)57-47(34)36)53-50(55-51)37-21-12-19-35-33-17-7-10-24-45(33)58-48(35)37/h3-28H,1-2H3. The van der Waals surface area contributed by atoms with Crippen molar-refractivity contribution in [3.8, 4) is 39.9 Å². The predicted molar refractivity (Wildman–Crippen MR) is 246 cm³/mol. The molecule has 0 unspecified atom stereocenters. The first-order chi connectivity index (χ1) is 28.5. The number of rotatable bonds is 3. The summed E-state index contributed by atoms with van der Waals surface area (Å²) in [6.45, 7) is 4.73. The fraction of sp³-hybridized carbons (Fsp3) is 0.0577. The van der Waals surface area contributed by atoms with Crippen LogP contribution in [0.25, 0.3) is 113 Å². The average Bonchev–Trinajstić information content (AvgIpc) is 3.99. The van der Waals surface area contributed by atoms with Gasteiger partial charge in [-0.1, -0.05) is 129 Å². The molecule has 0 atom stereocenters. The van der Waals surface area contributed by atoms with Crippen LogP contribution in [0.15, 0.2) is 158 Å². The van der Waals surface area contributed by atoms with Gasteiger partial charge in [0, 0.05) is 67.7 Å². The van der Waals surface area contributed by atoms with Crippen molar-refractivity contribution in [3.63, 3.8) is 0 Å². The van der Waals surface area contributed by atoms with Gasteiger partial charge in [0.15, 0.2) is 11.6 Å². The van der Waals surface area contributed by atoms with Crippen LogP contribution in [-0.4, -0.2) is 19.5 Å². The Kier molecular flexibility index (Phi) is 6.51. The van der Waals surface area contributed by atoms with Crippen LogP contribution in [0.3, 0.4) is 0 Å². The van der Waals surface area contributed by atoms with E-state index in [1.807, 2.05) is 0 Å². The topological polar surface area (TPSA) is 43.6 Å². The van der Waals surface area contributed by atoms with Crippen molar-refractivity contribution < 1.29 is 0 Å². The van der Waals surface area contributed by atoms with Crippen molar-refractivity contribution in [2.45, 2.75) is 19.3 Å². The highest BCUT2D eigenvalue weighted by Crippen LogP contribution is 2.53. The zero-order valence-corrected chi connectivity index (χ0v) is 33.2. The Morgan fingerprint density at radius 2 is 1.00 bits per heavy atom. The first-order valence-electron chi connectivity index (χ1n) is 19.7. The second-order valence-corrected chi connectivity index (χ2v) is 18.0. The fourth-order valence-electron chi connectivity index (χ4n) is 9.73. The van der Waals surface area contributed by atoms with Crippen LogP contribution in [0.1, 0.15) is 25.0 Å². The van der Waals surface area contributed by atoms with Gasteiger partial charge < -0.3 is 0 Å². The van der Waals surface area contributed by atoms with Crippen molar-refractivity contribution in [1.29, 1.82) is 0 Å². The Bertz CT molecular complexity index is 3600. The Hall–Kier alpha value is -6.73. The molecule has 8 aromatic carbocycles. The van der Waals surface area contributed by atoms with Gasteiger partial charge in [-0.2, -0.15) is 9.97 Å². The molecule has 1 aliphatic carbocycles. The quantitative estimate of drug-likeness (QED) is 0.179. The SMILES string of the molecule is CC1(C)c2cc3c(cc2-c2c1ccc1ccccc21)c1ccccc1n3-c1nc(-c2cccc3c2sc2ccccc23)nc(-c2cccc3c2sc2ccccc23)n1. The number of fused-ring (bicyclic) bond motifs is 14. The second-order valence-electron chi connectivity index (χ2n) is 15.9. The summed E-state index contributed by atoms with van der Waals surface area (Å²) in [7, 11) is 0. The molecule has 0 radical (unpaired) electrons. The summed E-state index contributed by atoms with van der Waals surface area (Å²) in [5.41, 5.74) is 9.31. The highest BCUT2D eigenvalue weighted by Gasteiger charge is 2.37. The molecule has 0 saturated heterocycles. The van der Waals surface area contributed by atoms with Crippen LogP contribution < -0.4 is 0 Å². The molecule has 1 aliphatic rings. The molecule has 0 bridgehead atoms.